The zero-order chi connectivity index (χ0) is 19.7. The Kier molecular flexibility index (Phi) is 4.77. The molecule has 3 aromatic heterocycles. The van der Waals surface area contributed by atoms with Gasteiger partial charge in [0.1, 0.15) is 5.52 Å². The summed E-state index contributed by atoms with van der Waals surface area (Å²) in [7, 11) is 3.71. The van der Waals surface area contributed by atoms with Gasteiger partial charge in [-0.25, -0.2) is 9.97 Å². The minimum Gasteiger partial charge on any atom is -0.347 e. The van der Waals surface area contributed by atoms with Gasteiger partial charge in [-0.2, -0.15) is 0 Å². The number of anilines is 1. The van der Waals surface area contributed by atoms with Crippen LogP contribution in [0.25, 0.3) is 10.9 Å². The van der Waals surface area contributed by atoms with E-state index in [9.17, 15) is 9.59 Å². The number of hydrogen-bond acceptors (Lipinski definition) is 6. The van der Waals surface area contributed by atoms with Gasteiger partial charge < -0.3 is 14.8 Å². The highest BCUT2D eigenvalue weighted by molar-refractivity contribution is 5.93. The van der Waals surface area contributed by atoms with E-state index in [1.165, 1.54) is 0 Å². The molecule has 1 N–H and O–H groups in total. The maximum Gasteiger partial charge on any atom is 0.274 e. The number of fused-ring (bicyclic) bond motifs is 1. The van der Waals surface area contributed by atoms with Crippen molar-refractivity contribution in [2.45, 2.75) is 18.8 Å². The van der Waals surface area contributed by atoms with Gasteiger partial charge in [-0.15, -0.1) is 0 Å². The third kappa shape index (κ3) is 3.45. The Morgan fingerprint density at radius 3 is 2.57 bits per heavy atom. The van der Waals surface area contributed by atoms with Crippen LogP contribution in [0.5, 0.6) is 0 Å². The van der Waals surface area contributed by atoms with Crippen LogP contribution in [0.4, 0.5) is 5.95 Å². The Balaban J connectivity index is 1.46. The lowest BCUT2D eigenvalue weighted by Gasteiger charge is -2.32. The normalized spacial score (nSPS) is 15.0. The van der Waals surface area contributed by atoms with Gasteiger partial charge in [0.2, 0.25) is 5.95 Å². The van der Waals surface area contributed by atoms with Crippen molar-refractivity contribution in [2.24, 2.45) is 0 Å². The molecule has 144 valence electrons. The maximum absolute atomic E-state index is 12.7. The molecular weight excluding hydrogens is 356 g/mol. The number of carbonyl (C=O) groups is 1. The van der Waals surface area contributed by atoms with E-state index in [1.807, 2.05) is 37.2 Å². The first-order chi connectivity index (χ1) is 13.5. The first-order valence-electron chi connectivity index (χ1n) is 9.29. The van der Waals surface area contributed by atoms with E-state index in [2.05, 4.69) is 19.9 Å². The van der Waals surface area contributed by atoms with Gasteiger partial charge in [-0.1, -0.05) is 6.07 Å². The molecule has 0 saturated carbocycles. The number of pyridine rings is 2. The predicted molar refractivity (Wildman–Crippen MR) is 107 cm³/mol. The molecule has 4 heterocycles. The topological polar surface area (TPSA) is 95.1 Å². The fraction of sp³-hybridized carbons (Fsp3) is 0.350. The summed E-state index contributed by atoms with van der Waals surface area (Å²) in [5, 5.41) is 0.845. The van der Waals surface area contributed by atoms with Crippen LogP contribution in [0.15, 0.2) is 41.6 Å². The second kappa shape index (κ2) is 7.38. The van der Waals surface area contributed by atoms with Gasteiger partial charge in [-0.05, 0) is 25.0 Å². The first-order valence-corrected chi connectivity index (χ1v) is 9.29. The molecule has 1 amide bonds. The number of H-pyrrole nitrogens is 1. The van der Waals surface area contributed by atoms with E-state index in [4.69, 9.17) is 0 Å². The molecule has 0 atom stereocenters. The quantitative estimate of drug-likeness (QED) is 0.747. The smallest absolute Gasteiger partial charge is 0.274 e. The number of amides is 1. The van der Waals surface area contributed by atoms with E-state index in [0.717, 1.165) is 23.9 Å². The van der Waals surface area contributed by atoms with Gasteiger partial charge in [0.05, 0.1) is 5.56 Å². The predicted octanol–water partition coefficient (Wildman–Crippen LogP) is 1.80. The second-order valence-corrected chi connectivity index (χ2v) is 7.23. The van der Waals surface area contributed by atoms with Crippen molar-refractivity contribution >= 4 is 22.8 Å². The third-order valence-electron chi connectivity index (χ3n) is 5.13. The molecule has 28 heavy (non-hydrogen) atoms. The summed E-state index contributed by atoms with van der Waals surface area (Å²) in [6.07, 6.45) is 6.36. The average Bonchev–Trinajstić information content (AvgIpc) is 2.73. The van der Waals surface area contributed by atoms with Crippen LogP contribution >= 0.6 is 0 Å². The lowest BCUT2D eigenvalue weighted by Crippen LogP contribution is -2.38. The zero-order valence-corrected chi connectivity index (χ0v) is 15.9. The van der Waals surface area contributed by atoms with Crippen molar-refractivity contribution in [3.8, 4) is 0 Å². The first kappa shape index (κ1) is 18.1. The van der Waals surface area contributed by atoms with E-state index in [-0.39, 0.29) is 17.4 Å². The molecule has 8 heteroatoms. The Hall–Kier alpha value is -3.29. The van der Waals surface area contributed by atoms with Crippen molar-refractivity contribution in [3.63, 3.8) is 0 Å². The highest BCUT2D eigenvalue weighted by atomic mass is 16.2. The van der Waals surface area contributed by atoms with Gasteiger partial charge >= 0.3 is 0 Å². The van der Waals surface area contributed by atoms with Crippen LogP contribution in [-0.2, 0) is 0 Å². The monoisotopic (exact) mass is 378 g/mol. The number of piperidine rings is 1. The molecule has 0 bridgehead atoms. The molecule has 4 rings (SSSR count). The van der Waals surface area contributed by atoms with Crippen LogP contribution in [0, 0.1) is 0 Å². The van der Waals surface area contributed by atoms with Crippen LogP contribution < -0.4 is 10.5 Å². The van der Waals surface area contributed by atoms with Crippen LogP contribution in [-0.4, -0.2) is 57.9 Å². The number of carbonyl (C=O) groups excluding carboxylic acids is 1. The second-order valence-electron chi connectivity index (χ2n) is 7.23. The van der Waals surface area contributed by atoms with Gasteiger partial charge in [0, 0.05) is 62.8 Å². The molecule has 3 aromatic rings. The summed E-state index contributed by atoms with van der Waals surface area (Å²) < 4.78 is 0. The molecule has 1 saturated heterocycles. The fourth-order valence-corrected chi connectivity index (χ4v) is 3.58. The number of likely N-dealkylation sites (tertiary alicyclic amines) is 1. The zero-order valence-electron chi connectivity index (χ0n) is 15.9. The van der Waals surface area contributed by atoms with Gasteiger partial charge in [0.25, 0.3) is 11.5 Å². The Bertz CT molecular complexity index is 1050. The fourth-order valence-electron chi connectivity index (χ4n) is 3.58. The number of nitrogens with one attached hydrogen (secondary N) is 1. The van der Waals surface area contributed by atoms with E-state index >= 15 is 0 Å². The molecule has 1 fully saturated rings. The molecule has 0 radical (unpaired) electrons. The molecule has 0 aliphatic carbocycles. The number of nitrogens with zero attached hydrogens (tertiary/aromatic N) is 5. The van der Waals surface area contributed by atoms with E-state index < -0.39 is 0 Å². The van der Waals surface area contributed by atoms with Gasteiger partial charge in [0.15, 0.2) is 0 Å². The largest absolute Gasteiger partial charge is 0.347 e. The molecule has 1 aliphatic rings. The minimum atomic E-state index is -0.162. The minimum absolute atomic E-state index is 0.0556. The van der Waals surface area contributed by atoms with Crippen LogP contribution in [0.2, 0.25) is 0 Å². The average molecular weight is 378 g/mol. The number of aromatic nitrogens is 4. The van der Waals surface area contributed by atoms with E-state index in [0.29, 0.717) is 30.1 Å². The van der Waals surface area contributed by atoms with E-state index in [1.54, 1.807) is 23.5 Å². The Morgan fingerprint density at radius 2 is 1.89 bits per heavy atom. The van der Waals surface area contributed by atoms with Crippen molar-refractivity contribution < 1.29 is 4.79 Å². The molecule has 1 aliphatic heterocycles. The van der Waals surface area contributed by atoms with Crippen LogP contribution in [0.1, 0.15) is 34.8 Å². The number of rotatable bonds is 3. The van der Waals surface area contributed by atoms with Crippen molar-refractivity contribution in [3.05, 3.63) is 58.4 Å². The lowest BCUT2D eigenvalue weighted by atomic mass is 9.92. The molecular formula is C20H22N6O2. The Morgan fingerprint density at radius 1 is 1.18 bits per heavy atom. The molecule has 8 nitrogen and oxygen atoms in total. The highest BCUT2D eigenvalue weighted by Gasteiger charge is 2.26. The lowest BCUT2D eigenvalue weighted by molar-refractivity contribution is 0.0711. The van der Waals surface area contributed by atoms with Crippen molar-refractivity contribution in [2.75, 3.05) is 32.1 Å². The summed E-state index contributed by atoms with van der Waals surface area (Å²) >= 11 is 0. The van der Waals surface area contributed by atoms with Gasteiger partial charge in [-0.3, -0.25) is 14.6 Å². The summed E-state index contributed by atoms with van der Waals surface area (Å²) in [4.78, 5) is 44.2. The standard InChI is InChI=1S/C20H22N6O2/c1-25(2)20-22-11-15(12-23-20)19(28)26-8-5-13(6-9-26)16-10-14-4-3-7-21-17(14)18(27)24-16/h3-4,7,10-13H,5-6,8-9H2,1-2H3,(H,24,27). The maximum atomic E-state index is 12.7. The summed E-state index contributed by atoms with van der Waals surface area (Å²) in [6.45, 7) is 1.26. The van der Waals surface area contributed by atoms with Crippen molar-refractivity contribution in [1.29, 1.82) is 0 Å². The number of aromatic amines is 1. The Labute approximate surface area is 162 Å². The molecule has 0 aromatic carbocycles. The summed E-state index contributed by atoms with van der Waals surface area (Å²) in [5.74, 6) is 0.735. The molecule has 0 spiro atoms. The number of hydrogen-bond donors (Lipinski definition) is 1. The van der Waals surface area contributed by atoms with Crippen molar-refractivity contribution in [1.82, 2.24) is 24.8 Å². The van der Waals surface area contributed by atoms with Crippen LogP contribution in [0.3, 0.4) is 0 Å². The highest BCUT2D eigenvalue weighted by Crippen LogP contribution is 2.28. The summed E-state index contributed by atoms with van der Waals surface area (Å²) in [6, 6.07) is 5.73. The summed E-state index contributed by atoms with van der Waals surface area (Å²) in [5.41, 5.74) is 1.70. The third-order valence-corrected chi connectivity index (χ3v) is 5.13. The SMILES string of the molecule is CN(C)c1ncc(C(=O)N2CCC(c3cc4cccnc4c(=O)[nH]3)CC2)cn1. The molecule has 0 unspecified atom stereocenters.